The van der Waals surface area contributed by atoms with Gasteiger partial charge in [-0.25, -0.2) is 27.8 Å². The van der Waals surface area contributed by atoms with Gasteiger partial charge in [-0.2, -0.15) is 17.5 Å². The van der Waals surface area contributed by atoms with Crippen LogP contribution in [0.2, 0.25) is 0 Å². The fourth-order valence-electron chi connectivity index (χ4n) is 3.48. The van der Waals surface area contributed by atoms with Gasteiger partial charge in [0, 0.05) is 38.9 Å². The first-order valence-corrected chi connectivity index (χ1v) is 10.4. The van der Waals surface area contributed by atoms with E-state index in [1.165, 1.54) is 17.1 Å². The van der Waals surface area contributed by atoms with Crippen molar-refractivity contribution in [2.45, 2.75) is 29.5 Å². The monoisotopic (exact) mass is 450 g/mol. The maximum atomic E-state index is 13.4. The summed E-state index contributed by atoms with van der Waals surface area (Å²) in [5, 5.41) is -0.155. The molecule has 2 aliphatic heterocycles. The summed E-state index contributed by atoms with van der Waals surface area (Å²) >= 11 is 0. The van der Waals surface area contributed by atoms with Gasteiger partial charge in [-0.05, 0) is 0 Å². The van der Waals surface area contributed by atoms with E-state index >= 15 is 0 Å². The molecule has 0 N–H and O–H groups in total. The normalized spacial score (nSPS) is 24.2. The van der Waals surface area contributed by atoms with E-state index in [-0.39, 0.29) is 37.1 Å². The minimum absolute atomic E-state index is 0.00644. The Kier molecular flexibility index (Phi) is 5.18. The van der Waals surface area contributed by atoms with Gasteiger partial charge in [-0.3, -0.25) is 4.90 Å². The van der Waals surface area contributed by atoms with Crippen molar-refractivity contribution >= 4 is 10.0 Å². The van der Waals surface area contributed by atoms with Crippen molar-refractivity contribution in [2.24, 2.45) is 7.05 Å². The van der Waals surface area contributed by atoms with Gasteiger partial charge in [0.15, 0.2) is 10.7 Å². The van der Waals surface area contributed by atoms with Gasteiger partial charge in [0.05, 0.1) is 18.9 Å². The lowest BCUT2D eigenvalue weighted by atomic mass is 10.1. The van der Waals surface area contributed by atoms with E-state index in [0.717, 1.165) is 10.6 Å². The van der Waals surface area contributed by atoms with Gasteiger partial charge in [-0.1, -0.05) is 0 Å². The van der Waals surface area contributed by atoms with E-state index in [2.05, 4.69) is 15.0 Å². The predicted octanol–water partition coefficient (Wildman–Crippen LogP) is 0.703. The summed E-state index contributed by atoms with van der Waals surface area (Å²) < 4.78 is 86.2. The molecule has 2 aromatic heterocycles. The summed E-state index contributed by atoms with van der Waals surface area (Å²) in [5.41, 5.74) is -1.17. The molecule has 0 bridgehead atoms. The number of imidazole rings is 1. The molecule has 0 spiro atoms. The fourth-order valence-corrected chi connectivity index (χ4v) is 4.92. The Morgan fingerprint density at radius 3 is 2.47 bits per heavy atom. The summed E-state index contributed by atoms with van der Waals surface area (Å²) in [6.07, 6.45) is -3.14. The summed E-state index contributed by atoms with van der Waals surface area (Å²) in [5.74, 6) is -0.332. The Labute approximate surface area is 169 Å². The lowest BCUT2D eigenvalue weighted by molar-refractivity contribution is -0.141. The SMILES string of the molecule is Cn1cnc(S(=O)(=O)N2CC(Oc3cc(C(F)(F)F)ncn3)C(N3CC(F)C3)C2)c1. The molecule has 4 rings (SSSR count). The van der Waals surface area contributed by atoms with Crippen molar-refractivity contribution in [3.63, 3.8) is 0 Å². The van der Waals surface area contributed by atoms with Gasteiger partial charge < -0.3 is 9.30 Å². The molecule has 2 fully saturated rings. The summed E-state index contributed by atoms with van der Waals surface area (Å²) in [4.78, 5) is 12.5. The van der Waals surface area contributed by atoms with Crippen LogP contribution in [0.15, 0.2) is 29.9 Å². The molecule has 9 nitrogen and oxygen atoms in total. The zero-order valence-corrected chi connectivity index (χ0v) is 16.5. The van der Waals surface area contributed by atoms with E-state index < -0.39 is 40.2 Å². The summed E-state index contributed by atoms with van der Waals surface area (Å²) in [6.45, 7) is 0.0506. The zero-order valence-electron chi connectivity index (χ0n) is 15.7. The molecule has 0 radical (unpaired) electrons. The Bertz CT molecular complexity index is 1020. The fraction of sp³-hybridized carbons (Fsp3) is 0.562. The Morgan fingerprint density at radius 2 is 1.87 bits per heavy atom. The predicted molar refractivity (Wildman–Crippen MR) is 93.7 cm³/mol. The highest BCUT2D eigenvalue weighted by molar-refractivity contribution is 7.89. The molecule has 2 aliphatic rings. The van der Waals surface area contributed by atoms with Crippen molar-refractivity contribution < 1.29 is 30.7 Å². The summed E-state index contributed by atoms with van der Waals surface area (Å²) in [6, 6.07) is 0.112. The quantitative estimate of drug-likeness (QED) is 0.620. The van der Waals surface area contributed by atoms with Gasteiger partial charge in [0.1, 0.15) is 18.6 Å². The molecule has 2 saturated heterocycles. The van der Waals surface area contributed by atoms with Crippen LogP contribution >= 0.6 is 0 Å². The minimum atomic E-state index is -4.68. The first kappa shape index (κ1) is 20.9. The van der Waals surface area contributed by atoms with Crippen LogP contribution in [0.1, 0.15) is 5.69 Å². The standard InChI is InChI=1S/C16H18F4N6O3S/c1-24-7-15(23-9-24)30(27,28)26-5-11(25-3-10(17)4-25)12(6-26)29-14-2-13(16(18,19)20)21-8-22-14/h2,7-12H,3-6H2,1H3. The first-order valence-electron chi connectivity index (χ1n) is 8.96. The van der Waals surface area contributed by atoms with Gasteiger partial charge >= 0.3 is 6.18 Å². The number of ether oxygens (including phenoxy) is 1. The Balaban J connectivity index is 1.58. The molecule has 0 aromatic carbocycles. The lowest BCUT2D eigenvalue weighted by Crippen LogP contribution is -2.58. The van der Waals surface area contributed by atoms with Crippen LogP contribution in [0.4, 0.5) is 17.6 Å². The smallest absolute Gasteiger partial charge is 0.433 e. The van der Waals surface area contributed by atoms with Crippen molar-refractivity contribution in [1.82, 2.24) is 28.7 Å². The maximum absolute atomic E-state index is 13.4. The molecule has 164 valence electrons. The Morgan fingerprint density at radius 1 is 1.13 bits per heavy atom. The second kappa shape index (κ2) is 7.42. The topological polar surface area (TPSA) is 93.5 Å². The molecular weight excluding hydrogens is 432 g/mol. The number of aryl methyl sites for hydroxylation is 1. The average molecular weight is 450 g/mol. The van der Waals surface area contributed by atoms with E-state index in [4.69, 9.17) is 4.74 Å². The molecule has 2 atom stereocenters. The number of hydrogen-bond acceptors (Lipinski definition) is 7. The zero-order chi connectivity index (χ0) is 21.7. The number of hydrogen-bond donors (Lipinski definition) is 0. The highest BCUT2D eigenvalue weighted by Gasteiger charge is 2.47. The van der Waals surface area contributed by atoms with Crippen LogP contribution in [0.5, 0.6) is 5.88 Å². The molecule has 0 aliphatic carbocycles. The third kappa shape index (κ3) is 3.98. The van der Waals surface area contributed by atoms with Crippen LogP contribution in [-0.4, -0.2) is 81.6 Å². The maximum Gasteiger partial charge on any atom is 0.433 e. The number of likely N-dealkylation sites (tertiary alicyclic amines) is 1. The second-order valence-corrected chi connectivity index (χ2v) is 9.10. The van der Waals surface area contributed by atoms with E-state index in [1.54, 1.807) is 11.9 Å². The molecular formula is C16H18F4N6O3S. The van der Waals surface area contributed by atoms with E-state index in [9.17, 15) is 26.0 Å². The third-order valence-electron chi connectivity index (χ3n) is 5.03. The number of alkyl halides is 4. The molecule has 30 heavy (non-hydrogen) atoms. The van der Waals surface area contributed by atoms with Crippen LogP contribution in [0.3, 0.4) is 0 Å². The van der Waals surface area contributed by atoms with E-state index in [1.807, 2.05) is 0 Å². The molecule has 2 aromatic rings. The van der Waals surface area contributed by atoms with Gasteiger partial charge in [-0.15, -0.1) is 0 Å². The highest BCUT2D eigenvalue weighted by Crippen LogP contribution is 2.31. The van der Waals surface area contributed by atoms with Crippen LogP contribution in [0.25, 0.3) is 0 Å². The molecule has 0 saturated carbocycles. The van der Waals surface area contributed by atoms with Crippen molar-refractivity contribution in [3.05, 3.63) is 30.6 Å². The van der Waals surface area contributed by atoms with Crippen molar-refractivity contribution in [3.8, 4) is 5.88 Å². The van der Waals surface area contributed by atoms with Crippen molar-refractivity contribution in [2.75, 3.05) is 26.2 Å². The minimum Gasteiger partial charge on any atom is -0.471 e. The van der Waals surface area contributed by atoms with Crippen LogP contribution < -0.4 is 4.74 Å². The third-order valence-corrected chi connectivity index (χ3v) is 6.74. The van der Waals surface area contributed by atoms with Gasteiger partial charge in [0.25, 0.3) is 10.0 Å². The van der Waals surface area contributed by atoms with E-state index in [0.29, 0.717) is 6.07 Å². The Hall–Kier alpha value is -2.32. The number of halogens is 4. The molecule has 2 unspecified atom stereocenters. The molecule has 14 heteroatoms. The lowest BCUT2D eigenvalue weighted by Gasteiger charge is -2.40. The van der Waals surface area contributed by atoms with Gasteiger partial charge in [0.2, 0.25) is 5.88 Å². The number of rotatable bonds is 5. The van der Waals surface area contributed by atoms with Crippen LogP contribution in [-0.2, 0) is 23.2 Å². The molecule has 0 amide bonds. The summed E-state index contributed by atoms with van der Waals surface area (Å²) in [7, 11) is -2.33. The number of sulfonamides is 1. The number of nitrogens with zero attached hydrogens (tertiary/aromatic N) is 6. The number of aromatic nitrogens is 4. The first-order chi connectivity index (χ1) is 14.0. The average Bonchev–Trinajstić information content (AvgIpc) is 3.26. The second-order valence-electron chi connectivity index (χ2n) is 7.21. The van der Waals surface area contributed by atoms with Crippen molar-refractivity contribution in [1.29, 1.82) is 0 Å². The highest BCUT2D eigenvalue weighted by atomic mass is 32.2. The molecule has 4 heterocycles. The van der Waals surface area contributed by atoms with Crippen LogP contribution in [0, 0.1) is 0 Å². The largest absolute Gasteiger partial charge is 0.471 e.